The fraction of sp³-hybridized carbons (Fsp3) is 0.500. The molecule has 0 aromatic heterocycles. The minimum absolute atomic E-state index is 0.249. The monoisotopic (exact) mass is 228 g/mol. The van der Waals surface area contributed by atoms with Crippen LogP contribution in [0.15, 0.2) is 18.2 Å². The smallest absolute Gasteiger partial charge is 0.123 e. The Hall–Kier alpha value is -1.13. The van der Waals surface area contributed by atoms with E-state index in [-0.39, 0.29) is 5.82 Å². The van der Waals surface area contributed by atoms with Crippen molar-refractivity contribution >= 4 is 0 Å². The summed E-state index contributed by atoms with van der Waals surface area (Å²) >= 11 is 0. The Morgan fingerprint density at radius 2 is 1.88 bits per heavy atom. The van der Waals surface area contributed by atoms with E-state index in [4.69, 9.17) is 14.2 Å². The van der Waals surface area contributed by atoms with Crippen molar-refractivity contribution in [3.8, 4) is 5.75 Å². The lowest BCUT2D eigenvalue weighted by molar-refractivity contribution is 0.0543. The van der Waals surface area contributed by atoms with Crippen LogP contribution in [0.2, 0.25) is 0 Å². The lowest BCUT2D eigenvalue weighted by atomic mass is 10.2. The van der Waals surface area contributed by atoms with Crippen LogP contribution in [0, 0.1) is 12.7 Å². The summed E-state index contributed by atoms with van der Waals surface area (Å²) in [5.41, 5.74) is 0.789. The van der Waals surface area contributed by atoms with Gasteiger partial charge in [0.15, 0.2) is 0 Å². The number of methoxy groups -OCH3 is 1. The number of benzene rings is 1. The predicted molar refractivity (Wildman–Crippen MR) is 59.3 cm³/mol. The number of hydrogen-bond acceptors (Lipinski definition) is 3. The van der Waals surface area contributed by atoms with Gasteiger partial charge in [-0.2, -0.15) is 0 Å². The second kappa shape index (κ2) is 7.19. The van der Waals surface area contributed by atoms with Gasteiger partial charge in [0, 0.05) is 7.11 Å². The average Bonchev–Trinajstić information content (AvgIpc) is 2.26. The summed E-state index contributed by atoms with van der Waals surface area (Å²) in [5.74, 6) is 0.443. The van der Waals surface area contributed by atoms with Crippen LogP contribution in [0.3, 0.4) is 0 Å². The van der Waals surface area contributed by atoms with Gasteiger partial charge in [-0.3, -0.25) is 0 Å². The molecule has 0 radical (unpaired) electrons. The first-order chi connectivity index (χ1) is 7.74. The molecule has 0 atom stereocenters. The molecule has 90 valence electrons. The molecule has 1 rings (SSSR count). The van der Waals surface area contributed by atoms with Crippen molar-refractivity contribution in [2.75, 3.05) is 33.5 Å². The molecule has 0 saturated carbocycles. The molecule has 0 aliphatic heterocycles. The summed E-state index contributed by atoms with van der Waals surface area (Å²) in [5, 5.41) is 0. The van der Waals surface area contributed by atoms with Crippen molar-refractivity contribution in [3.05, 3.63) is 29.6 Å². The Morgan fingerprint density at radius 1 is 1.12 bits per heavy atom. The molecule has 1 aromatic rings. The van der Waals surface area contributed by atoms with E-state index in [2.05, 4.69) is 0 Å². The molecule has 3 nitrogen and oxygen atoms in total. The van der Waals surface area contributed by atoms with Crippen molar-refractivity contribution < 1.29 is 18.6 Å². The first kappa shape index (κ1) is 12.9. The second-order valence-electron chi connectivity index (χ2n) is 3.36. The van der Waals surface area contributed by atoms with E-state index in [0.29, 0.717) is 32.2 Å². The molecule has 0 N–H and O–H groups in total. The van der Waals surface area contributed by atoms with Gasteiger partial charge in [0.05, 0.1) is 19.8 Å². The van der Waals surface area contributed by atoms with Crippen LogP contribution >= 0.6 is 0 Å². The van der Waals surface area contributed by atoms with Gasteiger partial charge < -0.3 is 14.2 Å². The molecule has 16 heavy (non-hydrogen) atoms. The first-order valence-electron chi connectivity index (χ1n) is 5.19. The third-order valence-corrected chi connectivity index (χ3v) is 2.05. The van der Waals surface area contributed by atoms with E-state index < -0.39 is 0 Å². The summed E-state index contributed by atoms with van der Waals surface area (Å²) in [6, 6.07) is 4.45. The number of halogens is 1. The highest BCUT2D eigenvalue weighted by Crippen LogP contribution is 2.17. The lowest BCUT2D eigenvalue weighted by Crippen LogP contribution is -2.10. The maximum absolute atomic E-state index is 12.8. The zero-order chi connectivity index (χ0) is 11.8. The summed E-state index contributed by atoms with van der Waals surface area (Å²) in [4.78, 5) is 0. The minimum Gasteiger partial charge on any atom is -0.491 e. The van der Waals surface area contributed by atoms with Crippen LogP contribution in [0.25, 0.3) is 0 Å². The van der Waals surface area contributed by atoms with Gasteiger partial charge in [-0.25, -0.2) is 4.39 Å². The van der Waals surface area contributed by atoms with Crippen LogP contribution in [-0.4, -0.2) is 33.5 Å². The second-order valence-corrected chi connectivity index (χ2v) is 3.36. The summed E-state index contributed by atoms with van der Waals surface area (Å²) in [7, 11) is 1.63. The Morgan fingerprint density at radius 3 is 2.56 bits per heavy atom. The maximum Gasteiger partial charge on any atom is 0.123 e. The molecular weight excluding hydrogens is 211 g/mol. The molecular formula is C12H17FO3. The zero-order valence-electron chi connectivity index (χ0n) is 9.66. The molecule has 0 aliphatic rings. The van der Waals surface area contributed by atoms with Crippen molar-refractivity contribution in [3.63, 3.8) is 0 Å². The fourth-order valence-electron chi connectivity index (χ4n) is 1.23. The normalized spacial score (nSPS) is 10.4. The van der Waals surface area contributed by atoms with Crippen molar-refractivity contribution in [2.24, 2.45) is 0 Å². The Labute approximate surface area is 95.1 Å². The lowest BCUT2D eigenvalue weighted by Gasteiger charge is -2.09. The highest BCUT2D eigenvalue weighted by molar-refractivity contribution is 5.32. The quantitative estimate of drug-likeness (QED) is 0.669. The predicted octanol–water partition coefficient (Wildman–Crippen LogP) is 2.18. The molecule has 1 aromatic carbocycles. The Balaban J connectivity index is 2.21. The summed E-state index contributed by atoms with van der Waals surface area (Å²) in [6.07, 6.45) is 0. The molecule has 0 fully saturated rings. The van der Waals surface area contributed by atoms with Crippen LogP contribution in [0.4, 0.5) is 4.39 Å². The van der Waals surface area contributed by atoms with Gasteiger partial charge in [0.2, 0.25) is 0 Å². The molecule has 0 unspecified atom stereocenters. The first-order valence-corrected chi connectivity index (χ1v) is 5.19. The number of ether oxygens (including phenoxy) is 3. The van der Waals surface area contributed by atoms with Crippen LogP contribution in [0.5, 0.6) is 5.75 Å². The molecule has 0 bridgehead atoms. The molecule has 0 saturated heterocycles. The Bertz CT molecular complexity index is 315. The fourth-order valence-corrected chi connectivity index (χ4v) is 1.23. The van der Waals surface area contributed by atoms with Crippen LogP contribution in [0.1, 0.15) is 5.56 Å². The highest BCUT2D eigenvalue weighted by atomic mass is 19.1. The Kier molecular flexibility index (Phi) is 5.82. The van der Waals surface area contributed by atoms with Crippen LogP contribution < -0.4 is 4.74 Å². The van der Waals surface area contributed by atoms with Gasteiger partial charge in [-0.1, -0.05) is 0 Å². The summed E-state index contributed by atoms with van der Waals surface area (Å²) in [6.45, 7) is 3.90. The highest BCUT2D eigenvalue weighted by Gasteiger charge is 2.00. The number of aryl methyl sites for hydroxylation is 1. The van der Waals surface area contributed by atoms with E-state index >= 15 is 0 Å². The van der Waals surface area contributed by atoms with E-state index in [1.54, 1.807) is 13.2 Å². The molecule has 4 heteroatoms. The van der Waals surface area contributed by atoms with Crippen LogP contribution in [-0.2, 0) is 9.47 Å². The number of hydrogen-bond donors (Lipinski definition) is 0. The third-order valence-electron chi connectivity index (χ3n) is 2.05. The third kappa shape index (κ3) is 4.59. The van der Waals surface area contributed by atoms with Gasteiger partial charge in [0.1, 0.15) is 18.2 Å². The molecule has 0 spiro atoms. The number of rotatable bonds is 7. The molecule has 0 amide bonds. The largest absolute Gasteiger partial charge is 0.491 e. The van der Waals surface area contributed by atoms with E-state index in [0.717, 1.165) is 5.56 Å². The SMILES string of the molecule is COCCOCCOc1ccc(F)cc1C. The maximum atomic E-state index is 12.8. The van der Waals surface area contributed by atoms with Gasteiger partial charge in [0.25, 0.3) is 0 Å². The molecule has 0 aliphatic carbocycles. The van der Waals surface area contributed by atoms with E-state index in [1.807, 2.05) is 6.92 Å². The summed E-state index contributed by atoms with van der Waals surface area (Å²) < 4.78 is 28.3. The van der Waals surface area contributed by atoms with Gasteiger partial charge >= 0.3 is 0 Å². The average molecular weight is 228 g/mol. The van der Waals surface area contributed by atoms with Gasteiger partial charge in [-0.05, 0) is 30.7 Å². The van der Waals surface area contributed by atoms with E-state index in [1.165, 1.54) is 12.1 Å². The standard InChI is InChI=1S/C12H17FO3/c1-10-9-11(13)3-4-12(10)16-8-7-15-6-5-14-2/h3-4,9H,5-8H2,1-2H3. The zero-order valence-corrected chi connectivity index (χ0v) is 9.66. The topological polar surface area (TPSA) is 27.7 Å². The van der Waals surface area contributed by atoms with Crippen molar-refractivity contribution in [1.29, 1.82) is 0 Å². The van der Waals surface area contributed by atoms with Crippen molar-refractivity contribution in [1.82, 2.24) is 0 Å². The minimum atomic E-state index is -0.249. The molecule has 0 heterocycles. The van der Waals surface area contributed by atoms with E-state index in [9.17, 15) is 4.39 Å². The van der Waals surface area contributed by atoms with Crippen molar-refractivity contribution in [2.45, 2.75) is 6.92 Å². The van der Waals surface area contributed by atoms with Gasteiger partial charge in [-0.15, -0.1) is 0 Å².